The fourth-order valence-electron chi connectivity index (χ4n) is 2.37. The summed E-state index contributed by atoms with van der Waals surface area (Å²) in [5, 5.41) is 10.8. The lowest BCUT2D eigenvalue weighted by Crippen LogP contribution is -2.25. The zero-order valence-corrected chi connectivity index (χ0v) is 17.8. The first-order valence-corrected chi connectivity index (χ1v) is 12.1. The first kappa shape index (κ1) is 22.2. The van der Waals surface area contributed by atoms with Gasteiger partial charge < -0.3 is 8.94 Å². The average molecular weight is 425 g/mol. The van der Waals surface area contributed by atoms with E-state index in [1.165, 1.54) is 23.5 Å². The van der Waals surface area contributed by atoms with E-state index >= 15 is 0 Å². The Hall–Kier alpha value is -2.09. The summed E-state index contributed by atoms with van der Waals surface area (Å²) in [4.78, 5) is 14.9. The van der Waals surface area contributed by atoms with Crippen LogP contribution >= 0.6 is 18.1 Å². The molecule has 28 heavy (non-hydrogen) atoms. The van der Waals surface area contributed by atoms with Crippen LogP contribution in [0, 0.1) is 10.1 Å². The summed E-state index contributed by atoms with van der Waals surface area (Å²) in [5.41, 5.74) is 0.513. The van der Waals surface area contributed by atoms with Crippen molar-refractivity contribution in [1.29, 1.82) is 0 Å². The predicted octanol–water partition coefficient (Wildman–Crippen LogP) is 6.03. The van der Waals surface area contributed by atoms with E-state index in [0.717, 1.165) is 6.42 Å². The monoisotopic (exact) mass is 425 g/mol. The highest BCUT2D eigenvalue weighted by atomic mass is 32.7. The molecular weight excluding hydrogens is 401 g/mol. The maximum Gasteiger partial charge on any atom is 0.354 e. The molecule has 0 aliphatic heterocycles. The Morgan fingerprint density at radius 2 is 2.04 bits per heavy atom. The highest BCUT2D eigenvalue weighted by Crippen LogP contribution is 2.63. The van der Waals surface area contributed by atoms with Crippen LogP contribution in [0.15, 0.2) is 52.1 Å². The molecule has 1 aromatic heterocycles. The van der Waals surface area contributed by atoms with Gasteiger partial charge in [-0.25, -0.2) is 4.99 Å². The molecule has 0 aliphatic rings. The third-order valence-corrected chi connectivity index (χ3v) is 8.62. The number of nitrogens with zero attached hydrogens (tertiary/aromatic N) is 3. The van der Waals surface area contributed by atoms with E-state index in [2.05, 4.69) is 4.99 Å². The van der Waals surface area contributed by atoms with Crippen molar-refractivity contribution < 1.29 is 18.4 Å². The molecule has 10 heteroatoms. The minimum absolute atomic E-state index is 0.0115. The minimum Gasteiger partial charge on any atom is -0.467 e. The molecule has 0 spiro atoms. The van der Waals surface area contributed by atoms with Crippen molar-refractivity contribution in [2.75, 3.05) is 12.4 Å². The fraction of sp³-hybridized carbons (Fsp3) is 0.389. The molecule has 2 rings (SSSR count). The molecule has 0 saturated carbocycles. The van der Waals surface area contributed by atoms with Gasteiger partial charge in [0.2, 0.25) is 0 Å². The second-order valence-electron chi connectivity index (χ2n) is 5.79. The van der Waals surface area contributed by atoms with Gasteiger partial charge in [-0.3, -0.25) is 19.3 Å². The van der Waals surface area contributed by atoms with Gasteiger partial charge in [-0.1, -0.05) is 6.92 Å². The number of non-ortho nitro benzene ring substituents is 1. The molecule has 152 valence electrons. The molecule has 0 fully saturated rings. The Bertz CT molecular complexity index is 839. The Morgan fingerprint density at radius 3 is 2.57 bits per heavy atom. The van der Waals surface area contributed by atoms with E-state index in [1.807, 2.05) is 6.92 Å². The zero-order chi connectivity index (χ0) is 20.6. The van der Waals surface area contributed by atoms with Crippen LogP contribution in [0.5, 0.6) is 0 Å². The molecule has 8 nitrogen and oxygen atoms in total. The second kappa shape index (κ2) is 10.5. The largest absolute Gasteiger partial charge is 0.467 e. The van der Waals surface area contributed by atoms with Gasteiger partial charge in [-0.05, 0) is 55.9 Å². The average Bonchev–Trinajstić information content (AvgIpc) is 3.18. The molecule has 1 heterocycles. The molecule has 0 aliphatic carbocycles. The van der Waals surface area contributed by atoms with Gasteiger partial charge in [0.15, 0.2) is 0 Å². The molecule has 0 amide bonds. The van der Waals surface area contributed by atoms with Crippen molar-refractivity contribution in [3.63, 3.8) is 0 Å². The van der Waals surface area contributed by atoms with E-state index in [9.17, 15) is 14.7 Å². The molecule has 2 aromatic rings. The third-order valence-electron chi connectivity index (χ3n) is 3.66. The van der Waals surface area contributed by atoms with E-state index in [-0.39, 0.29) is 12.2 Å². The number of nitro groups is 1. The highest BCUT2D eigenvalue weighted by molar-refractivity contribution is 8.56. The molecule has 0 saturated heterocycles. The van der Waals surface area contributed by atoms with Crippen molar-refractivity contribution in [2.24, 2.45) is 4.99 Å². The van der Waals surface area contributed by atoms with E-state index in [4.69, 9.17) is 8.94 Å². The molecule has 1 unspecified atom stereocenters. The van der Waals surface area contributed by atoms with Crippen molar-refractivity contribution in [3.05, 3.63) is 58.5 Å². The maximum atomic E-state index is 13.6. The summed E-state index contributed by atoms with van der Waals surface area (Å²) >= 11 is 1.27. The standard InChI is InChI=1S/C18H24N3O5PS/c1-4-13-28-27(24,26-5-2)20(14-18-7-6-12-25-18)15(3)19-16-8-10-17(11-9-16)21(22)23/h6-12H,4-5,13-14H2,1-3H3. The summed E-state index contributed by atoms with van der Waals surface area (Å²) in [6, 6.07) is 9.44. The van der Waals surface area contributed by atoms with Crippen LogP contribution in [-0.4, -0.2) is 27.8 Å². The first-order chi connectivity index (χ1) is 13.4. The van der Waals surface area contributed by atoms with E-state index in [1.54, 1.807) is 49.0 Å². The van der Waals surface area contributed by atoms with Crippen molar-refractivity contribution in [2.45, 2.75) is 33.7 Å². The second-order valence-corrected chi connectivity index (χ2v) is 10.3. The van der Waals surface area contributed by atoms with Crippen LogP contribution in [0.25, 0.3) is 0 Å². The lowest BCUT2D eigenvalue weighted by molar-refractivity contribution is -0.384. The van der Waals surface area contributed by atoms with Crippen molar-refractivity contribution >= 4 is 35.3 Å². The van der Waals surface area contributed by atoms with Gasteiger partial charge in [0, 0.05) is 17.9 Å². The van der Waals surface area contributed by atoms with Gasteiger partial charge >= 0.3 is 6.72 Å². The number of rotatable bonds is 10. The molecule has 1 aromatic carbocycles. The summed E-state index contributed by atoms with van der Waals surface area (Å²) in [5.74, 6) is 1.79. The summed E-state index contributed by atoms with van der Waals surface area (Å²) in [6.07, 6.45) is 2.41. The summed E-state index contributed by atoms with van der Waals surface area (Å²) in [7, 11) is 0. The number of aliphatic imine (C=N–C) groups is 1. The van der Waals surface area contributed by atoms with E-state index < -0.39 is 11.6 Å². The number of hydrogen-bond donors (Lipinski definition) is 0. The van der Waals surface area contributed by atoms with Crippen molar-refractivity contribution in [3.8, 4) is 0 Å². The zero-order valence-electron chi connectivity index (χ0n) is 16.1. The Kier molecular flexibility index (Phi) is 8.29. The first-order valence-electron chi connectivity index (χ1n) is 8.89. The van der Waals surface area contributed by atoms with Gasteiger partial charge in [0.25, 0.3) is 5.69 Å². The fourth-order valence-corrected chi connectivity index (χ4v) is 6.90. The number of hydrogen-bond acceptors (Lipinski definition) is 7. The SMILES string of the molecule is CCCSP(=O)(OCC)N(Cc1ccco1)C(C)=Nc1ccc([N+](=O)[O-])cc1. The summed E-state index contributed by atoms with van der Waals surface area (Å²) in [6.45, 7) is 2.83. The van der Waals surface area contributed by atoms with Crippen LogP contribution in [0.3, 0.4) is 0 Å². The minimum atomic E-state index is -3.25. The number of nitro benzene ring substituents is 1. The van der Waals surface area contributed by atoms with Crippen LogP contribution < -0.4 is 0 Å². The van der Waals surface area contributed by atoms with Crippen LogP contribution in [0.2, 0.25) is 0 Å². The summed E-state index contributed by atoms with van der Waals surface area (Å²) < 4.78 is 26.4. The number of amidine groups is 1. The normalized spacial score (nSPS) is 13.9. The third kappa shape index (κ3) is 5.95. The lowest BCUT2D eigenvalue weighted by atomic mass is 10.3. The van der Waals surface area contributed by atoms with Crippen LogP contribution in [0.1, 0.15) is 33.0 Å². The van der Waals surface area contributed by atoms with Gasteiger partial charge in [-0.15, -0.1) is 0 Å². The Morgan fingerprint density at radius 1 is 1.32 bits per heavy atom. The molecule has 0 N–H and O–H groups in total. The Balaban J connectivity index is 2.38. The van der Waals surface area contributed by atoms with E-state index in [0.29, 0.717) is 29.6 Å². The van der Waals surface area contributed by atoms with Gasteiger partial charge in [-0.2, -0.15) is 0 Å². The highest BCUT2D eigenvalue weighted by Gasteiger charge is 2.34. The molecule has 0 bridgehead atoms. The number of benzene rings is 1. The predicted molar refractivity (Wildman–Crippen MR) is 112 cm³/mol. The molecule has 1 atom stereocenters. The lowest BCUT2D eigenvalue weighted by Gasteiger charge is -2.31. The quantitative estimate of drug-likeness (QED) is 0.151. The Labute approximate surface area is 168 Å². The number of furan rings is 1. The smallest absolute Gasteiger partial charge is 0.354 e. The van der Waals surface area contributed by atoms with Crippen LogP contribution in [-0.2, 0) is 15.6 Å². The maximum absolute atomic E-state index is 13.6. The van der Waals surface area contributed by atoms with Gasteiger partial charge in [0.1, 0.15) is 11.6 Å². The topological polar surface area (TPSA) is 98.2 Å². The molecule has 0 radical (unpaired) electrons. The van der Waals surface area contributed by atoms with Crippen molar-refractivity contribution in [1.82, 2.24) is 4.67 Å². The van der Waals surface area contributed by atoms with Crippen LogP contribution in [0.4, 0.5) is 11.4 Å². The van der Waals surface area contributed by atoms with Gasteiger partial charge in [0.05, 0.1) is 30.0 Å². The molecular formula is C18H24N3O5PS.